The fourth-order valence-corrected chi connectivity index (χ4v) is 2.07. The van der Waals surface area contributed by atoms with Gasteiger partial charge in [-0.3, -0.25) is 4.79 Å². The van der Waals surface area contributed by atoms with E-state index in [9.17, 15) is 14.7 Å². The largest absolute Gasteiger partial charge is 0.508 e. The third-order valence-electron chi connectivity index (χ3n) is 2.91. The van der Waals surface area contributed by atoms with Crippen molar-refractivity contribution < 1.29 is 19.8 Å². The molecule has 3 N–H and O–H groups in total. The van der Waals surface area contributed by atoms with E-state index in [4.69, 9.17) is 16.7 Å². The molecule has 0 unspecified atom stereocenters. The Morgan fingerprint density at radius 3 is 2.38 bits per heavy atom. The summed E-state index contributed by atoms with van der Waals surface area (Å²) in [6, 6.07) is 8.43. The number of amides is 1. The van der Waals surface area contributed by atoms with Gasteiger partial charge in [0.15, 0.2) is 0 Å². The van der Waals surface area contributed by atoms with E-state index in [1.54, 1.807) is 6.92 Å². The Bertz CT molecular complexity index is 728. The number of nitrogens with one attached hydrogen (secondary N) is 1. The van der Waals surface area contributed by atoms with Crippen LogP contribution in [0.1, 0.15) is 26.3 Å². The molecule has 0 heterocycles. The Hall–Kier alpha value is -2.53. The van der Waals surface area contributed by atoms with Gasteiger partial charge >= 0.3 is 5.97 Å². The average molecular weight is 306 g/mol. The topological polar surface area (TPSA) is 86.6 Å². The Morgan fingerprint density at radius 1 is 1.10 bits per heavy atom. The smallest absolute Gasteiger partial charge is 0.337 e. The highest BCUT2D eigenvalue weighted by molar-refractivity contribution is 6.31. The highest BCUT2D eigenvalue weighted by Gasteiger charge is 2.15. The van der Waals surface area contributed by atoms with E-state index in [-0.39, 0.29) is 17.0 Å². The number of aromatic carboxylic acids is 1. The molecule has 0 aliphatic carbocycles. The normalized spacial score (nSPS) is 10.2. The van der Waals surface area contributed by atoms with Gasteiger partial charge in [-0.05, 0) is 48.9 Å². The van der Waals surface area contributed by atoms with Crippen molar-refractivity contribution in [1.29, 1.82) is 0 Å². The molecule has 0 aliphatic heterocycles. The first-order chi connectivity index (χ1) is 9.88. The maximum Gasteiger partial charge on any atom is 0.337 e. The first kappa shape index (κ1) is 14.9. The third kappa shape index (κ3) is 3.32. The van der Waals surface area contributed by atoms with Crippen molar-refractivity contribution >= 4 is 29.2 Å². The summed E-state index contributed by atoms with van der Waals surface area (Å²) in [6.45, 7) is 1.67. The molecule has 0 bridgehead atoms. The summed E-state index contributed by atoms with van der Waals surface area (Å²) in [5.74, 6) is -1.58. The first-order valence-corrected chi connectivity index (χ1v) is 6.40. The quantitative estimate of drug-likeness (QED) is 0.812. The molecule has 0 saturated carbocycles. The summed E-state index contributed by atoms with van der Waals surface area (Å²) in [5.41, 5.74) is 0.979. The van der Waals surface area contributed by atoms with E-state index in [1.165, 1.54) is 36.4 Å². The molecule has 6 heteroatoms. The van der Waals surface area contributed by atoms with E-state index in [0.717, 1.165) is 0 Å². The molecule has 1 amide bonds. The van der Waals surface area contributed by atoms with Crippen LogP contribution in [-0.4, -0.2) is 22.1 Å². The van der Waals surface area contributed by atoms with Gasteiger partial charge in [0.2, 0.25) is 0 Å². The van der Waals surface area contributed by atoms with E-state index >= 15 is 0 Å². The molecule has 0 spiro atoms. The number of carbonyl (C=O) groups is 2. The first-order valence-electron chi connectivity index (χ1n) is 6.02. The zero-order chi connectivity index (χ0) is 15.6. The maximum atomic E-state index is 12.2. The van der Waals surface area contributed by atoms with E-state index in [0.29, 0.717) is 16.1 Å². The molecule has 0 saturated heterocycles. The van der Waals surface area contributed by atoms with E-state index in [1.807, 2.05) is 0 Å². The van der Waals surface area contributed by atoms with Gasteiger partial charge in [0.25, 0.3) is 5.91 Å². The van der Waals surface area contributed by atoms with Crippen LogP contribution in [-0.2, 0) is 0 Å². The number of phenolic OH excluding ortho intramolecular Hbond substituents is 1. The molecule has 21 heavy (non-hydrogen) atoms. The lowest BCUT2D eigenvalue weighted by Crippen LogP contribution is -2.15. The molecule has 0 radical (unpaired) electrons. The predicted octanol–water partition coefficient (Wildman–Crippen LogP) is 3.30. The minimum Gasteiger partial charge on any atom is -0.508 e. The summed E-state index contributed by atoms with van der Waals surface area (Å²) >= 11 is 5.83. The number of carboxylic acids is 1. The summed E-state index contributed by atoms with van der Waals surface area (Å²) in [6.07, 6.45) is 0. The molecule has 2 aromatic carbocycles. The number of carbonyl (C=O) groups excluding carboxylic acids is 1. The summed E-state index contributed by atoms with van der Waals surface area (Å²) in [5, 5.41) is 21.3. The number of hydrogen-bond acceptors (Lipinski definition) is 3. The molecule has 0 aromatic heterocycles. The standard InChI is InChI=1S/C15H12ClNO4/c1-8-6-10(18)3-5-11(8)14(19)17-13-7-9(16)2-4-12(13)15(20)21/h2-7,18H,1H3,(H,17,19)(H,20,21). The predicted molar refractivity (Wildman–Crippen MR) is 79.2 cm³/mol. The number of halogens is 1. The van der Waals surface area contributed by atoms with Gasteiger partial charge in [-0.2, -0.15) is 0 Å². The highest BCUT2D eigenvalue weighted by Crippen LogP contribution is 2.23. The SMILES string of the molecule is Cc1cc(O)ccc1C(=O)Nc1cc(Cl)ccc1C(=O)O. The van der Waals surface area contributed by atoms with Gasteiger partial charge in [-0.25, -0.2) is 4.79 Å². The molecular formula is C15H12ClNO4. The summed E-state index contributed by atoms with van der Waals surface area (Å²) in [4.78, 5) is 23.3. The maximum absolute atomic E-state index is 12.2. The fourth-order valence-electron chi connectivity index (χ4n) is 1.90. The molecule has 2 rings (SSSR count). The number of hydrogen-bond donors (Lipinski definition) is 3. The third-order valence-corrected chi connectivity index (χ3v) is 3.15. The van der Waals surface area contributed by atoms with Gasteiger partial charge in [0, 0.05) is 10.6 Å². The Labute approximate surface area is 125 Å². The summed E-state index contributed by atoms with van der Waals surface area (Å²) < 4.78 is 0. The minimum atomic E-state index is -1.16. The number of phenols is 1. The van der Waals surface area contributed by atoms with Crippen LogP contribution in [0.4, 0.5) is 5.69 Å². The molecule has 0 fully saturated rings. The molecule has 5 nitrogen and oxygen atoms in total. The average Bonchev–Trinajstić information content (AvgIpc) is 2.37. The Kier molecular flexibility index (Phi) is 4.14. The number of rotatable bonds is 3. The van der Waals surface area contributed by atoms with Gasteiger partial charge < -0.3 is 15.5 Å². The van der Waals surface area contributed by atoms with Crippen LogP contribution in [0.5, 0.6) is 5.75 Å². The zero-order valence-corrected chi connectivity index (χ0v) is 11.8. The van der Waals surface area contributed by atoms with Crippen LogP contribution in [0.2, 0.25) is 5.02 Å². The van der Waals surface area contributed by atoms with Crippen LogP contribution < -0.4 is 5.32 Å². The number of benzene rings is 2. The van der Waals surface area contributed by atoms with Crippen molar-refractivity contribution in [3.05, 3.63) is 58.1 Å². The second kappa shape index (κ2) is 5.85. The molecule has 0 aliphatic rings. The van der Waals surface area contributed by atoms with Gasteiger partial charge in [-0.1, -0.05) is 11.6 Å². The molecular weight excluding hydrogens is 294 g/mol. The number of anilines is 1. The molecule has 0 atom stereocenters. The number of carboxylic acid groups (broad SMARTS) is 1. The zero-order valence-electron chi connectivity index (χ0n) is 11.1. The fraction of sp³-hybridized carbons (Fsp3) is 0.0667. The van der Waals surface area contributed by atoms with Crippen LogP contribution in [0.15, 0.2) is 36.4 Å². The minimum absolute atomic E-state index is 0.0517. The van der Waals surface area contributed by atoms with Crippen LogP contribution in [0.3, 0.4) is 0 Å². The van der Waals surface area contributed by atoms with Gasteiger partial charge in [0.1, 0.15) is 5.75 Å². The Morgan fingerprint density at radius 2 is 1.76 bits per heavy atom. The number of aromatic hydroxyl groups is 1. The second-order valence-electron chi connectivity index (χ2n) is 4.45. The van der Waals surface area contributed by atoms with E-state index < -0.39 is 11.9 Å². The van der Waals surface area contributed by atoms with Crippen LogP contribution >= 0.6 is 11.6 Å². The van der Waals surface area contributed by atoms with Crippen molar-refractivity contribution in [3.63, 3.8) is 0 Å². The number of aryl methyl sites for hydroxylation is 1. The van der Waals surface area contributed by atoms with Gasteiger partial charge in [-0.15, -0.1) is 0 Å². The lowest BCUT2D eigenvalue weighted by Gasteiger charge is -2.10. The van der Waals surface area contributed by atoms with Crippen molar-refractivity contribution in [2.24, 2.45) is 0 Å². The van der Waals surface area contributed by atoms with Gasteiger partial charge in [0.05, 0.1) is 11.3 Å². The van der Waals surface area contributed by atoms with Crippen molar-refractivity contribution in [1.82, 2.24) is 0 Å². The van der Waals surface area contributed by atoms with Crippen molar-refractivity contribution in [3.8, 4) is 5.75 Å². The van der Waals surface area contributed by atoms with Crippen molar-refractivity contribution in [2.45, 2.75) is 6.92 Å². The molecule has 108 valence electrons. The Balaban J connectivity index is 2.35. The monoisotopic (exact) mass is 305 g/mol. The second-order valence-corrected chi connectivity index (χ2v) is 4.88. The van der Waals surface area contributed by atoms with E-state index in [2.05, 4.69) is 5.32 Å². The molecule has 2 aromatic rings. The van der Waals surface area contributed by atoms with Crippen molar-refractivity contribution in [2.75, 3.05) is 5.32 Å². The highest BCUT2D eigenvalue weighted by atomic mass is 35.5. The van der Waals surface area contributed by atoms with Crippen LogP contribution in [0, 0.1) is 6.92 Å². The lowest BCUT2D eigenvalue weighted by atomic mass is 10.1. The lowest BCUT2D eigenvalue weighted by molar-refractivity contribution is 0.0698. The van der Waals surface area contributed by atoms with Crippen LogP contribution in [0.25, 0.3) is 0 Å². The summed E-state index contributed by atoms with van der Waals surface area (Å²) in [7, 11) is 0.